The second-order valence-electron chi connectivity index (χ2n) is 2.48. The molecule has 0 aromatic carbocycles. The number of alkyl halides is 3. The Hall–Kier alpha value is -0.870. The third kappa shape index (κ3) is 9.43. The fourth-order valence-corrected chi connectivity index (χ4v) is 1.35. The summed E-state index contributed by atoms with van der Waals surface area (Å²) in [5.74, 6) is -1.26. The van der Waals surface area contributed by atoms with E-state index in [4.69, 9.17) is 5.11 Å². The minimum Gasteiger partial charge on any atom is -0.481 e. The Labute approximate surface area is 83.6 Å². The predicted molar refractivity (Wildman–Crippen MR) is 43.2 cm³/mol. The third-order valence-corrected chi connectivity index (χ3v) is 2.20. The molecule has 90 valence electrons. The fourth-order valence-electron chi connectivity index (χ4n) is 0.520. The molecule has 0 aliphatic heterocycles. The van der Waals surface area contributed by atoms with E-state index in [2.05, 4.69) is 0 Å². The molecule has 0 heterocycles. The molecule has 0 aliphatic carbocycles. The summed E-state index contributed by atoms with van der Waals surface area (Å²) in [6, 6.07) is 0. The standard InChI is InChI=1S/C5H9F3N2O4S/c6-5(7,8)3-10-15(13,14)9-2-1-4(11)12/h9-10H,1-3H2,(H,11,12). The van der Waals surface area contributed by atoms with Crippen molar-refractivity contribution in [2.75, 3.05) is 13.1 Å². The number of carbonyl (C=O) groups is 1. The van der Waals surface area contributed by atoms with Gasteiger partial charge in [-0.15, -0.1) is 0 Å². The average Bonchev–Trinajstić information content (AvgIpc) is 1.99. The molecule has 0 aliphatic rings. The van der Waals surface area contributed by atoms with Crippen LogP contribution in [0.1, 0.15) is 6.42 Å². The van der Waals surface area contributed by atoms with Crippen LogP contribution in [-0.2, 0) is 15.0 Å². The van der Waals surface area contributed by atoms with Gasteiger partial charge in [0.1, 0.15) is 6.54 Å². The number of aliphatic carboxylic acids is 1. The summed E-state index contributed by atoms with van der Waals surface area (Å²) in [7, 11) is -4.29. The molecule has 0 saturated heterocycles. The first-order valence-corrected chi connectivity index (χ1v) is 5.13. The van der Waals surface area contributed by atoms with Gasteiger partial charge >= 0.3 is 12.1 Å². The first-order valence-electron chi connectivity index (χ1n) is 3.65. The smallest absolute Gasteiger partial charge is 0.402 e. The van der Waals surface area contributed by atoms with Gasteiger partial charge in [0.15, 0.2) is 0 Å². The largest absolute Gasteiger partial charge is 0.481 e. The highest BCUT2D eigenvalue weighted by molar-refractivity contribution is 7.87. The predicted octanol–water partition coefficient (Wildman–Crippen LogP) is -0.553. The molecule has 3 N–H and O–H groups in total. The van der Waals surface area contributed by atoms with Crippen LogP contribution in [-0.4, -0.2) is 38.8 Å². The molecule has 0 bridgehead atoms. The van der Waals surface area contributed by atoms with Crippen LogP contribution in [0.25, 0.3) is 0 Å². The topological polar surface area (TPSA) is 95.5 Å². The molecule has 10 heteroatoms. The summed E-state index contributed by atoms with van der Waals surface area (Å²) in [6.07, 6.45) is -5.16. The Bertz CT molecular complexity index is 313. The zero-order valence-corrected chi connectivity index (χ0v) is 8.15. The van der Waals surface area contributed by atoms with Crippen LogP contribution in [0, 0.1) is 0 Å². The first-order chi connectivity index (χ1) is 6.62. The average molecular weight is 250 g/mol. The summed E-state index contributed by atoms with van der Waals surface area (Å²) >= 11 is 0. The van der Waals surface area contributed by atoms with Gasteiger partial charge in [-0.1, -0.05) is 0 Å². The van der Waals surface area contributed by atoms with E-state index in [0.717, 1.165) is 0 Å². The van der Waals surface area contributed by atoms with Crippen LogP contribution in [0.3, 0.4) is 0 Å². The Balaban J connectivity index is 3.94. The third-order valence-electron chi connectivity index (χ3n) is 1.09. The quantitative estimate of drug-likeness (QED) is 0.589. The molecule has 0 amide bonds. The van der Waals surface area contributed by atoms with Crippen molar-refractivity contribution in [3.05, 3.63) is 0 Å². The normalized spacial score (nSPS) is 12.7. The lowest BCUT2D eigenvalue weighted by Gasteiger charge is -2.09. The molecule has 0 fully saturated rings. The van der Waals surface area contributed by atoms with E-state index < -0.39 is 41.9 Å². The lowest BCUT2D eigenvalue weighted by Crippen LogP contribution is -2.42. The highest BCUT2D eigenvalue weighted by atomic mass is 32.2. The van der Waals surface area contributed by atoms with Crippen LogP contribution in [0.15, 0.2) is 0 Å². The maximum Gasteiger partial charge on any atom is 0.402 e. The van der Waals surface area contributed by atoms with E-state index in [1.165, 1.54) is 4.72 Å². The molecule has 0 atom stereocenters. The molecule has 15 heavy (non-hydrogen) atoms. The zero-order valence-electron chi connectivity index (χ0n) is 7.34. The minimum atomic E-state index is -4.65. The minimum absolute atomic E-state index is 0.470. The molecule has 0 saturated carbocycles. The molecule has 0 rings (SSSR count). The number of hydrogen-bond donors (Lipinski definition) is 3. The molecule has 0 aromatic heterocycles. The summed E-state index contributed by atoms with van der Waals surface area (Å²) in [5.41, 5.74) is 0. The van der Waals surface area contributed by atoms with Crippen LogP contribution in [0.5, 0.6) is 0 Å². The molecule has 0 radical (unpaired) electrons. The van der Waals surface area contributed by atoms with Crippen molar-refractivity contribution in [3.8, 4) is 0 Å². The van der Waals surface area contributed by atoms with Crippen molar-refractivity contribution in [2.45, 2.75) is 12.6 Å². The van der Waals surface area contributed by atoms with Crippen LogP contribution >= 0.6 is 0 Å². The summed E-state index contributed by atoms with van der Waals surface area (Å²) in [6.45, 7) is -2.17. The van der Waals surface area contributed by atoms with Crippen molar-refractivity contribution in [2.24, 2.45) is 0 Å². The maximum atomic E-state index is 11.6. The van der Waals surface area contributed by atoms with E-state index in [1.807, 2.05) is 0 Å². The molecule has 0 unspecified atom stereocenters. The second kappa shape index (κ2) is 5.28. The molecular formula is C5H9F3N2O4S. The van der Waals surface area contributed by atoms with Gasteiger partial charge in [0.25, 0.3) is 10.2 Å². The fraction of sp³-hybridized carbons (Fsp3) is 0.800. The lowest BCUT2D eigenvalue weighted by molar-refractivity contribution is -0.136. The van der Waals surface area contributed by atoms with Gasteiger partial charge in [0.05, 0.1) is 6.42 Å². The van der Waals surface area contributed by atoms with E-state index in [1.54, 1.807) is 4.72 Å². The molecule has 0 aromatic rings. The summed E-state index contributed by atoms with van der Waals surface area (Å²) in [4.78, 5) is 9.97. The van der Waals surface area contributed by atoms with Crippen molar-refractivity contribution in [1.29, 1.82) is 0 Å². The summed E-state index contributed by atoms with van der Waals surface area (Å²) in [5, 5.41) is 8.13. The van der Waals surface area contributed by atoms with Crippen molar-refractivity contribution in [3.63, 3.8) is 0 Å². The molecular weight excluding hydrogens is 241 g/mol. The van der Waals surface area contributed by atoms with E-state index in [0.29, 0.717) is 0 Å². The van der Waals surface area contributed by atoms with E-state index >= 15 is 0 Å². The molecule has 0 spiro atoms. The number of nitrogens with one attached hydrogen (secondary N) is 2. The number of carboxylic acids is 1. The van der Waals surface area contributed by atoms with Crippen LogP contribution in [0.2, 0.25) is 0 Å². The van der Waals surface area contributed by atoms with Gasteiger partial charge in [-0.3, -0.25) is 4.79 Å². The van der Waals surface area contributed by atoms with Crippen molar-refractivity contribution < 1.29 is 31.5 Å². The van der Waals surface area contributed by atoms with Crippen LogP contribution in [0.4, 0.5) is 13.2 Å². The highest BCUT2D eigenvalue weighted by Gasteiger charge is 2.29. The number of hydrogen-bond acceptors (Lipinski definition) is 3. The number of rotatable bonds is 6. The highest BCUT2D eigenvalue weighted by Crippen LogP contribution is 2.12. The van der Waals surface area contributed by atoms with E-state index in [9.17, 15) is 26.4 Å². The SMILES string of the molecule is O=C(O)CCNS(=O)(=O)NCC(F)(F)F. The van der Waals surface area contributed by atoms with Gasteiger partial charge in [0.2, 0.25) is 0 Å². The van der Waals surface area contributed by atoms with Crippen molar-refractivity contribution >= 4 is 16.2 Å². The van der Waals surface area contributed by atoms with Gasteiger partial charge in [-0.2, -0.15) is 26.3 Å². The maximum absolute atomic E-state index is 11.6. The monoisotopic (exact) mass is 250 g/mol. The van der Waals surface area contributed by atoms with Gasteiger partial charge < -0.3 is 5.11 Å². The van der Waals surface area contributed by atoms with Gasteiger partial charge in [0, 0.05) is 6.54 Å². The first kappa shape index (κ1) is 14.1. The lowest BCUT2D eigenvalue weighted by atomic mass is 10.5. The van der Waals surface area contributed by atoms with E-state index in [-0.39, 0.29) is 0 Å². The van der Waals surface area contributed by atoms with Crippen molar-refractivity contribution in [1.82, 2.24) is 9.44 Å². The Kier molecular flexibility index (Phi) is 4.97. The Morgan fingerprint density at radius 3 is 2.20 bits per heavy atom. The second-order valence-corrected chi connectivity index (χ2v) is 4.06. The van der Waals surface area contributed by atoms with Gasteiger partial charge in [-0.05, 0) is 0 Å². The zero-order chi connectivity index (χ0) is 12.1. The van der Waals surface area contributed by atoms with Crippen LogP contribution < -0.4 is 9.44 Å². The Morgan fingerprint density at radius 2 is 1.80 bits per heavy atom. The van der Waals surface area contributed by atoms with Gasteiger partial charge in [-0.25, -0.2) is 4.72 Å². The number of halogens is 3. The molecule has 6 nitrogen and oxygen atoms in total. The number of carboxylic acid groups (broad SMARTS) is 1. The summed E-state index contributed by atoms with van der Waals surface area (Å²) < 4.78 is 59.1. The Morgan fingerprint density at radius 1 is 1.27 bits per heavy atom.